The summed E-state index contributed by atoms with van der Waals surface area (Å²) in [6.45, 7) is 5.87. The lowest BCUT2D eigenvalue weighted by Gasteiger charge is -2.18. The van der Waals surface area contributed by atoms with Crippen LogP contribution in [-0.2, 0) is 11.3 Å². The van der Waals surface area contributed by atoms with Crippen LogP contribution in [0.5, 0.6) is 5.75 Å². The first kappa shape index (κ1) is 14.2. The zero-order valence-corrected chi connectivity index (χ0v) is 11.2. The molecule has 4 heteroatoms. The number of rotatable bonds is 4. The fraction of sp³-hybridized carbons (Fsp3) is 0.429. The van der Waals surface area contributed by atoms with Gasteiger partial charge in [-0.1, -0.05) is 26.8 Å². The number of methoxy groups -OCH3 is 1. The number of carbonyl (C=O) groups excluding carboxylic acids is 2. The van der Waals surface area contributed by atoms with Gasteiger partial charge in [-0.05, 0) is 17.7 Å². The standard InChI is InChI=1S/C14H19NO3/c1-14(2,3)13(17)15-8-10-5-6-12(18-4)7-11(10)9-16/h5-7,9H,8H2,1-4H3,(H,15,17). The van der Waals surface area contributed by atoms with Gasteiger partial charge in [0, 0.05) is 17.5 Å². The van der Waals surface area contributed by atoms with Crippen molar-refractivity contribution in [2.75, 3.05) is 7.11 Å². The van der Waals surface area contributed by atoms with E-state index >= 15 is 0 Å². The highest BCUT2D eigenvalue weighted by Crippen LogP contribution is 2.17. The van der Waals surface area contributed by atoms with Crippen LogP contribution in [0.4, 0.5) is 0 Å². The molecule has 18 heavy (non-hydrogen) atoms. The number of benzene rings is 1. The summed E-state index contributed by atoms with van der Waals surface area (Å²) in [4.78, 5) is 22.7. The highest BCUT2D eigenvalue weighted by molar-refractivity contribution is 5.82. The van der Waals surface area contributed by atoms with Crippen molar-refractivity contribution in [3.05, 3.63) is 29.3 Å². The Morgan fingerprint density at radius 3 is 2.56 bits per heavy atom. The first-order valence-electron chi connectivity index (χ1n) is 5.79. The Morgan fingerprint density at radius 1 is 1.39 bits per heavy atom. The Balaban J connectivity index is 2.79. The van der Waals surface area contributed by atoms with Crippen LogP contribution in [0.3, 0.4) is 0 Å². The molecule has 1 amide bonds. The molecule has 0 atom stereocenters. The van der Waals surface area contributed by atoms with E-state index in [4.69, 9.17) is 4.74 Å². The molecule has 0 radical (unpaired) electrons. The summed E-state index contributed by atoms with van der Waals surface area (Å²) in [7, 11) is 1.55. The second-order valence-corrected chi connectivity index (χ2v) is 5.12. The first-order chi connectivity index (χ1) is 8.38. The SMILES string of the molecule is COc1ccc(CNC(=O)C(C)(C)C)c(C=O)c1. The molecule has 0 fully saturated rings. The van der Waals surface area contributed by atoms with Crippen LogP contribution < -0.4 is 10.1 Å². The molecule has 0 bridgehead atoms. The fourth-order valence-electron chi connectivity index (χ4n) is 1.41. The molecule has 0 unspecified atom stereocenters. The van der Waals surface area contributed by atoms with Gasteiger partial charge in [0.2, 0.25) is 5.91 Å². The maximum Gasteiger partial charge on any atom is 0.225 e. The molecule has 0 aliphatic heterocycles. The first-order valence-corrected chi connectivity index (χ1v) is 5.79. The van der Waals surface area contributed by atoms with Gasteiger partial charge in [-0.15, -0.1) is 0 Å². The van der Waals surface area contributed by atoms with Gasteiger partial charge in [-0.2, -0.15) is 0 Å². The van der Waals surface area contributed by atoms with E-state index in [-0.39, 0.29) is 5.91 Å². The molecule has 1 rings (SSSR count). The van der Waals surface area contributed by atoms with Crippen LogP contribution in [0.1, 0.15) is 36.7 Å². The van der Waals surface area contributed by atoms with Crippen LogP contribution in [0.2, 0.25) is 0 Å². The van der Waals surface area contributed by atoms with Crippen molar-refractivity contribution in [2.45, 2.75) is 27.3 Å². The van der Waals surface area contributed by atoms with E-state index in [1.54, 1.807) is 25.3 Å². The zero-order valence-electron chi connectivity index (χ0n) is 11.2. The third kappa shape index (κ3) is 3.58. The molecule has 1 aromatic rings. The van der Waals surface area contributed by atoms with E-state index in [1.165, 1.54) is 0 Å². The van der Waals surface area contributed by atoms with Gasteiger partial charge in [0.05, 0.1) is 7.11 Å². The van der Waals surface area contributed by atoms with Gasteiger partial charge in [0.15, 0.2) is 6.29 Å². The maximum absolute atomic E-state index is 11.7. The molecule has 0 aliphatic carbocycles. The Kier molecular flexibility index (Phi) is 4.48. The van der Waals surface area contributed by atoms with Crippen molar-refractivity contribution < 1.29 is 14.3 Å². The zero-order chi connectivity index (χ0) is 13.8. The second kappa shape index (κ2) is 5.67. The molecule has 0 aromatic heterocycles. The van der Waals surface area contributed by atoms with Crippen molar-refractivity contribution in [1.29, 1.82) is 0 Å². The van der Waals surface area contributed by atoms with E-state index < -0.39 is 5.41 Å². The lowest BCUT2D eigenvalue weighted by molar-refractivity contribution is -0.128. The van der Waals surface area contributed by atoms with Crippen molar-refractivity contribution in [1.82, 2.24) is 5.32 Å². The summed E-state index contributed by atoms with van der Waals surface area (Å²) in [5.41, 5.74) is 0.875. The van der Waals surface area contributed by atoms with Crippen LogP contribution in [-0.4, -0.2) is 19.3 Å². The number of hydrogen-bond donors (Lipinski definition) is 1. The number of carbonyl (C=O) groups is 2. The average Bonchev–Trinajstić information content (AvgIpc) is 2.34. The van der Waals surface area contributed by atoms with E-state index in [1.807, 2.05) is 20.8 Å². The minimum atomic E-state index is -0.437. The van der Waals surface area contributed by atoms with E-state index in [0.29, 0.717) is 17.9 Å². The molecule has 0 saturated heterocycles. The Morgan fingerprint density at radius 2 is 2.06 bits per heavy atom. The van der Waals surface area contributed by atoms with Crippen molar-refractivity contribution in [2.24, 2.45) is 5.41 Å². The van der Waals surface area contributed by atoms with Gasteiger partial charge in [0.25, 0.3) is 0 Å². The Bertz CT molecular complexity index is 447. The topological polar surface area (TPSA) is 55.4 Å². The van der Waals surface area contributed by atoms with Crippen molar-refractivity contribution in [3.8, 4) is 5.75 Å². The lowest BCUT2D eigenvalue weighted by Crippen LogP contribution is -2.34. The summed E-state index contributed by atoms with van der Waals surface area (Å²) in [6, 6.07) is 5.21. The minimum absolute atomic E-state index is 0.0461. The molecular formula is C14H19NO3. The number of amides is 1. The molecular weight excluding hydrogens is 230 g/mol. The monoisotopic (exact) mass is 249 g/mol. The quantitative estimate of drug-likeness (QED) is 0.832. The van der Waals surface area contributed by atoms with E-state index in [2.05, 4.69) is 5.32 Å². The van der Waals surface area contributed by atoms with Crippen LogP contribution in [0.15, 0.2) is 18.2 Å². The predicted octanol–water partition coefficient (Wildman–Crippen LogP) is 2.17. The highest BCUT2D eigenvalue weighted by Gasteiger charge is 2.20. The largest absolute Gasteiger partial charge is 0.497 e. The number of hydrogen-bond acceptors (Lipinski definition) is 3. The molecule has 0 aliphatic rings. The number of ether oxygens (including phenoxy) is 1. The van der Waals surface area contributed by atoms with Crippen LogP contribution in [0, 0.1) is 5.41 Å². The van der Waals surface area contributed by atoms with Crippen molar-refractivity contribution in [3.63, 3.8) is 0 Å². The van der Waals surface area contributed by atoms with Gasteiger partial charge in [0.1, 0.15) is 5.75 Å². The molecule has 0 saturated carbocycles. The molecule has 0 heterocycles. The van der Waals surface area contributed by atoms with Crippen molar-refractivity contribution >= 4 is 12.2 Å². The number of aldehydes is 1. The Hall–Kier alpha value is -1.84. The minimum Gasteiger partial charge on any atom is -0.497 e. The van der Waals surface area contributed by atoms with Crippen LogP contribution in [0.25, 0.3) is 0 Å². The summed E-state index contributed by atoms with van der Waals surface area (Å²) in [5.74, 6) is 0.582. The highest BCUT2D eigenvalue weighted by atomic mass is 16.5. The fourth-order valence-corrected chi connectivity index (χ4v) is 1.41. The molecule has 0 spiro atoms. The maximum atomic E-state index is 11.7. The third-order valence-electron chi connectivity index (χ3n) is 2.60. The van der Waals surface area contributed by atoms with E-state index in [0.717, 1.165) is 11.8 Å². The molecule has 1 aromatic carbocycles. The Labute approximate surface area is 107 Å². The van der Waals surface area contributed by atoms with Crippen LogP contribution >= 0.6 is 0 Å². The molecule has 98 valence electrons. The summed E-state index contributed by atoms with van der Waals surface area (Å²) < 4.78 is 5.05. The second-order valence-electron chi connectivity index (χ2n) is 5.12. The summed E-state index contributed by atoms with van der Waals surface area (Å²) >= 11 is 0. The van der Waals surface area contributed by atoms with Gasteiger partial charge in [-0.25, -0.2) is 0 Å². The average molecular weight is 249 g/mol. The third-order valence-corrected chi connectivity index (χ3v) is 2.60. The van der Waals surface area contributed by atoms with Gasteiger partial charge in [-0.3, -0.25) is 9.59 Å². The normalized spacial score (nSPS) is 10.9. The molecule has 4 nitrogen and oxygen atoms in total. The smallest absolute Gasteiger partial charge is 0.225 e. The number of nitrogens with one attached hydrogen (secondary N) is 1. The lowest BCUT2D eigenvalue weighted by atomic mass is 9.95. The summed E-state index contributed by atoms with van der Waals surface area (Å²) in [5, 5.41) is 2.81. The van der Waals surface area contributed by atoms with Gasteiger partial charge < -0.3 is 10.1 Å². The summed E-state index contributed by atoms with van der Waals surface area (Å²) in [6.07, 6.45) is 0.765. The van der Waals surface area contributed by atoms with Gasteiger partial charge >= 0.3 is 0 Å². The predicted molar refractivity (Wildman–Crippen MR) is 69.7 cm³/mol. The molecule has 1 N–H and O–H groups in total. The van der Waals surface area contributed by atoms with E-state index in [9.17, 15) is 9.59 Å².